The van der Waals surface area contributed by atoms with Crippen molar-refractivity contribution in [2.24, 2.45) is 0 Å². The third-order valence-corrected chi connectivity index (χ3v) is 3.32. The molecule has 1 atom stereocenters. The van der Waals surface area contributed by atoms with Crippen LogP contribution in [0.2, 0.25) is 0 Å². The van der Waals surface area contributed by atoms with Gasteiger partial charge in [-0.2, -0.15) is 0 Å². The summed E-state index contributed by atoms with van der Waals surface area (Å²) in [5.41, 5.74) is 2.72. The normalized spacial score (nSPS) is 13.0. The van der Waals surface area contributed by atoms with Gasteiger partial charge in [0.1, 0.15) is 0 Å². The lowest BCUT2D eigenvalue weighted by atomic mass is 10.0. The molecule has 1 aromatic carbocycles. The number of benzene rings is 1. The topological polar surface area (TPSA) is 23.5 Å². The molecule has 0 spiro atoms. The summed E-state index contributed by atoms with van der Waals surface area (Å²) in [6.07, 6.45) is 3.07. The summed E-state index contributed by atoms with van der Waals surface area (Å²) in [4.78, 5) is 2.37. The van der Waals surface area contributed by atoms with Gasteiger partial charge in [-0.3, -0.25) is 0 Å². The average molecular weight is 235 g/mol. The average Bonchev–Trinajstić information content (AvgIpc) is 2.32. The van der Waals surface area contributed by atoms with Crippen LogP contribution in [0, 0.1) is 6.92 Å². The van der Waals surface area contributed by atoms with Gasteiger partial charge in [-0.05, 0) is 52.3 Å². The molecule has 0 fully saturated rings. The molecule has 96 valence electrons. The molecule has 1 unspecified atom stereocenters. The van der Waals surface area contributed by atoms with E-state index >= 15 is 0 Å². The Morgan fingerprint density at radius 2 is 1.82 bits per heavy atom. The molecule has 1 N–H and O–H groups in total. The number of hydrogen-bond donors (Lipinski definition) is 1. The molecule has 0 radical (unpaired) electrons. The minimum Gasteiger partial charge on any atom is -0.396 e. The largest absolute Gasteiger partial charge is 0.396 e. The number of aryl methyl sites for hydroxylation is 1. The van der Waals surface area contributed by atoms with Crippen molar-refractivity contribution >= 4 is 0 Å². The SMILES string of the molecule is Cc1ccc(CC(C)N(C)CCCCO)cc1. The van der Waals surface area contributed by atoms with Gasteiger partial charge in [0.2, 0.25) is 0 Å². The van der Waals surface area contributed by atoms with E-state index in [0.717, 1.165) is 25.8 Å². The van der Waals surface area contributed by atoms with Gasteiger partial charge in [0.05, 0.1) is 0 Å². The van der Waals surface area contributed by atoms with Gasteiger partial charge in [-0.25, -0.2) is 0 Å². The van der Waals surface area contributed by atoms with Crippen LogP contribution in [0.15, 0.2) is 24.3 Å². The van der Waals surface area contributed by atoms with Crippen molar-refractivity contribution in [3.05, 3.63) is 35.4 Å². The molecule has 0 heterocycles. The van der Waals surface area contributed by atoms with Crippen LogP contribution >= 0.6 is 0 Å². The monoisotopic (exact) mass is 235 g/mol. The molecule has 0 aliphatic heterocycles. The Balaban J connectivity index is 2.37. The number of unbranched alkanes of at least 4 members (excludes halogenated alkanes) is 1. The molecule has 0 aliphatic carbocycles. The number of rotatable bonds is 7. The molecular formula is C15H25NO. The van der Waals surface area contributed by atoms with Crippen molar-refractivity contribution in [2.75, 3.05) is 20.2 Å². The van der Waals surface area contributed by atoms with E-state index in [9.17, 15) is 0 Å². The van der Waals surface area contributed by atoms with E-state index in [2.05, 4.69) is 50.1 Å². The Morgan fingerprint density at radius 1 is 1.18 bits per heavy atom. The van der Waals surface area contributed by atoms with Gasteiger partial charge in [-0.15, -0.1) is 0 Å². The van der Waals surface area contributed by atoms with Crippen molar-refractivity contribution in [1.82, 2.24) is 4.90 Å². The summed E-state index contributed by atoms with van der Waals surface area (Å²) >= 11 is 0. The van der Waals surface area contributed by atoms with Gasteiger partial charge in [0.25, 0.3) is 0 Å². The maximum Gasteiger partial charge on any atom is 0.0431 e. The van der Waals surface area contributed by atoms with Crippen LogP contribution < -0.4 is 0 Å². The van der Waals surface area contributed by atoms with Crippen LogP contribution in [0.1, 0.15) is 30.9 Å². The van der Waals surface area contributed by atoms with Gasteiger partial charge in [-0.1, -0.05) is 29.8 Å². The van der Waals surface area contributed by atoms with Crippen molar-refractivity contribution in [1.29, 1.82) is 0 Å². The number of aliphatic hydroxyl groups is 1. The van der Waals surface area contributed by atoms with E-state index in [0.29, 0.717) is 12.6 Å². The van der Waals surface area contributed by atoms with Gasteiger partial charge in [0, 0.05) is 12.6 Å². The Bertz CT molecular complexity index is 307. The van der Waals surface area contributed by atoms with E-state index in [1.54, 1.807) is 0 Å². The molecule has 0 saturated heterocycles. The predicted molar refractivity (Wildman–Crippen MR) is 73.3 cm³/mol. The minimum atomic E-state index is 0.306. The van der Waals surface area contributed by atoms with E-state index in [-0.39, 0.29) is 0 Å². The Kier molecular flexibility index (Phi) is 6.23. The first-order chi connectivity index (χ1) is 8.13. The van der Waals surface area contributed by atoms with E-state index in [1.807, 2.05) is 0 Å². The Labute approximate surface area is 105 Å². The predicted octanol–water partition coefficient (Wildman–Crippen LogP) is 2.63. The summed E-state index contributed by atoms with van der Waals surface area (Å²) < 4.78 is 0. The number of aliphatic hydroxyl groups excluding tert-OH is 1. The second-order valence-corrected chi connectivity index (χ2v) is 4.95. The molecule has 17 heavy (non-hydrogen) atoms. The summed E-state index contributed by atoms with van der Waals surface area (Å²) in [5.74, 6) is 0. The lowest BCUT2D eigenvalue weighted by molar-refractivity contribution is 0.231. The van der Waals surface area contributed by atoms with Gasteiger partial charge in [0.15, 0.2) is 0 Å². The van der Waals surface area contributed by atoms with Crippen molar-refractivity contribution in [3.63, 3.8) is 0 Å². The van der Waals surface area contributed by atoms with Crippen molar-refractivity contribution < 1.29 is 5.11 Å². The molecular weight excluding hydrogens is 210 g/mol. The van der Waals surface area contributed by atoms with Crippen molar-refractivity contribution in [3.8, 4) is 0 Å². The Hall–Kier alpha value is -0.860. The van der Waals surface area contributed by atoms with E-state index in [1.165, 1.54) is 11.1 Å². The number of nitrogens with zero attached hydrogens (tertiary/aromatic N) is 1. The van der Waals surface area contributed by atoms with Crippen LogP contribution in [0.25, 0.3) is 0 Å². The highest BCUT2D eigenvalue weighted by molar-refractivity contribution is 5.21. The molecule has 2 heteroatoms. The maximum absolute atomic E-state index is 8.76. The molecule has 1 aromatic rings. The van der Waals surface area contributed by atoms with Crippen LogP contribution in [0.4, 0.5) is 0 Å². The first kappa shape index (κ1) is 14.2. The fourth-order valence-corrected chi connectivity index (χ4v) is 1.91. The smallest absolute Gasteiger partial charge is 0.0431 e. The third-order valence-electron chi connectivity index (χ3n) is 3.32. The van der Waals surface area contributed by atoms with Gasteiger partial charge < -0.3 is 10.0 Å². The number of likely N-dealkylation sites (N-methyl/N-ethyl adjacent to an activating group) is 1. The maximum atomic E-state index is 8.76. The zero-order valence-electron chi connectivity index (χ0n) is 11.3. The van der Waals surface area contributed by atoms with E-state index in [4.69, 9.17) is 5.11 Å². The van der Waals surface area contributed by atoms with Crippen molar-refractivity contribution in [2.45, 2.75) is 39.2 Å². The molecule has 0 aromatic heterocycles. The lowest BCUT2D eigenvalue weighted by Crippen LogP contribution is -2.31. The first-order valence-electron chi connectivity index (χ1n) is 6.50. The van der Waals surface area contributed by atoms with Gasteiger partial charge >= 0.3 is 0 Å². The van der Waals surface area contributed by atoms with Crippen LogP contribution in [-0.4, -0.2) is 36.2 Å². The highest BCUT2D eigenvalue weighted by Gasteiger charge is 2.09. The highest BCUT2D eigenvalue weighted by atomic mass is 16.2. The zero-order chi connectivity index (χ0) is 12.7. The summed E-state index contributed by atoms with van der Waals surface area (Å²) in [5, 5.41) is 8.76. The van der Waals surface area contributed by atoms with Crippen LogP contribution in [-0.2, 0) is 6.42 Å². The summed E-state index contributed by atoms with van der Waals surface area (Å²) in [6.45, 7) is 5.75. The second kappa shape index (κ2) is 7.46. The standard InChI is InChI=1S/C15H25NO/c1-13-6-8-15(9-7-13)12-14(2)16(3)10-4-5-11-17/h6-9,14,17H,4-5,10-12H2,1-3H3. The minimum absolute atomic E-state index is 0.306. The lowest BCUT2D eigenvalue weighted by Gasteiger charge is -2.24. The molecule has 0 bridgehead atoms. The molecule has 2 nitrogen and oxygen atoms in total. The Morgan fingerprint density at radius 3 is 2.41 bits per heavy atom. The quantitative estimate of drug-likeness (QED) is 0.734. The van der Waals surface area contributed by atoms with Crippen LogP contribution in [0.5, 0.6) is 0 Å². The second-order valence-electron chi connectivity index (χ2n) is 4.95. The molecule has 0 saturated carbocycles. The number of hydrogen-bond acceptors (Lipinski definition) is 2. The summed E-state index contributed by atoms with van der Waals surface area (Å²) in [6, 6.07) is 9.33. The first-order valence-corrected chi connectivity index (χ1v) is 6.50. The summed E-state index contributed by atoms with van der Waals surface area (Å²) in [7, 11) is 2.16. The third kappa shape index (κ3) is 5.33. The fourth-order valence-electron chi connectivity index (χ4n) is 1.91. The molecule has 0 amide bonds. The molecule has 1 rings (SSSR count). The zero-order valence-corrected chi connectivity index (χ0v) is 11.3. The van der Waals surface area contributed by atoms with Crippen LogP contribution in [0.3, 0.4) is 0 Å². The highest BCUT2D eigenvalue weighted by Crippen LogP contribution is 2.09. The van der Waals surface area contributed by atoms with E-state index < -0.39 is 0 Å². The fraction of sp³-hybridized carbons (Fsp3) is 0.600. The molecule has 0 aliphatic rings.